The van der Waals surface area contributed by atoms with Crippen LogP contribution in [-0.4, -0.2) is 20.3 Å². The molecular weight excluding hydrogens is 356 g/mol. The van der Waals surface area contributed by atoms with Crippen LogP contribution < -0.4 is 0 Å². The van der Waals surface area contributed by atoms with Crippen LogP contribution in [0.4, 0.5) is 0 Å². The van der Waals surface area contributed by atoms with Crippen LogP contribution in [0.25, 0.3) is 22.6 Å². The zero-order valence-electron chi connectivity index (χ0n) is 15.1. The zero-order chi connectivity index (χ0) is 18.6. The quantitative estimate of drug-likeness (QED) is 0.453. The van der Waals surface area contributed by atoms with Gasteiger partial charge in [0, 0.05) is 11.1 Å². The number of rotatable bonds is 5. The molecule has 2 aromatic heterocycles. The van der Waals surface area contributed by atoms with Crippen molar-refractivity contribution in [1.29, 1.82) is 0 Å². The standard InChI is InChI=1S/C21H18N4OS/c1-14-6-8-16(9-7-14)18-10-11-20(24-23-18)27-13-19-22-21(25-26-19)17-5-3-4-15(2)12-17/h3-12H,13H2,1-2H3. The lowest BCUT2D eigenvalue weighted by Crippen LogP contribution is -1.90. The van der Waals surface area contributed by atoms with Crippen LogP contribution in [0.1, 0.15) is 17.0 Å². The molecule has 2 aromatic carbocycles. The molecule has 0 aliphatic rings. The maximum atomic E-state index is 5.35. The molecule has 0 N–H and O–H groups in total. The minimum Gasteiger partial charge on any atom is -0.338 e. The van der Waals surface area contributed by atoms with Gasteiger partial charge in [-0.3, -0.25) is 0 Å². The molecule has 0 bridgehead atoms. The molecule has 0 unspecified atom stereocenters. The van der Waals surface area contributed by atoms with E-state index in [9.17, 15) is 0 Å². The van der Waals surface area contributed by atoms with E-state index in [2.05, 4.69) is 51.5 Å². The molecule has 0 radical (unpaired) electrons. The molecule has 0 aliphatic heterocycles. The Hall–Kier alpha value is -2.99. The Kier molecular flexibility index (Phi) is 4.98. The second kappa shape index (κ2) is 7.72. The number of hydrogen-bond acceptors (Lipinski definition) is 6. The summed E-state index contributed by atoms with van der Waals surface area (Å²) in [5.74, 6) is 1.73. The number of thioether (sulfide) groups is 1. The third kappa shape index (κ3) is 4.23. The van der Waals surface area contributed by atoms with Crippen LogP contribution in [0, 0.1) is 13.8 Å². The summed E-state index contributed by atoms with van der Waals surface area (Å²) in [6.07, 6.45) is 0. The third-order valence-corrected chi connectivity index (χ3v) is 4.98. The predicted octanol–water partition coefficient (Wildman–Crippen LogP) is 5.10. The zero-order valence-corrected chi connectivity index (χ0v) is 15.9. The number of hydrogen-bond donors (Lipinski definition) is 0. The molecule has 0 fully saturated rings. The van der Waals surface area contributed by atoms with Gasteiger partial charge in [-0.1, -0.05) is 70.5 Å². The summed E-state index contributed by atoms with van der Waals surface area (Å²) in [5.41, 5.74) is 5.26. The summed E-state index contributed by atoms with van der Waals surface area (Å²) in [6, 6.07) is 20.2. The summed E-state index contributed by atoms with van der Waals surface area (Å²) in [4.78, 5) is 4.46. The van der Waals surface area contributed by atoms with Crippen molar-refractivity contribution in [2.24, 2.45) is 0 Å². The Morgan fingerprint density at radius 1 is 0.852 bits per heavy atom. The van der Waals surface area contributed by atoms with Crippen LogP contribution in [0.2, 0.25) is 0 Å². The van der Waals surface area contributed by atoms with Crippen molar-refractivity contribution in [3.63, 3.8) is 0 Å². The van der Waals surface area contributed by atoms with Gasteiger partial charge in [0.15, 0.2) is 0 Å². The summed E-state index contributed by atoms with van der Waals surface area (Å²) < 4.78 is 5.35. The first-order chi connectivity index (χ1) is 13.2. The molecule has 0 amide bonds. The van der Waals surface area contributed by atoms with Gasteiger partial charge in [-0.05, 0) is 32.0 Å². The van der Waals surface area contributed by atoms with Gasteiger partial charge < -0.3 is 4.52 Å². The molecule has 134 valence electrons. The average molecular weight is 374 g/mol. The fraction of sp³-hybridized carbons (Fsp3) is 0.143. The summed E-state index contributed by atoms with van der Waals surface area (Å²) >= 11 is 1.52. The lowest BCUT2D eigenvalue weighted by atomic mass is 10.1. The molecule has 4 rings (SSSR count). The molecule has 4 aromatic rings. The van der Waals surface area contributed by atoms with E-state index in [0.29, 0.717) is 17.5 Å². The van der Waals surface area contributed by atoms with Gasteiger partial charge in [0.1, 0.15) is 5.03 Å². The number of nitrogens with zero attached hydrogens (tertiary/aromatic N) is 4. The smallest absolute Gasteiger partial charge is 0.237 e. The van der Waals surface area contributed by atoms with Gasteiger partial charge in [0.25, 0.3) is 0 Å². The highest BCUT2D eigenvalue weighted by atomic mass is 32.2. The van der Waals surface area contributed by atoms with Gasteiger partial charge in [-0.2, -0.15) is 4.98 Å². The lowest BCUT2D eigenvalue weighted by molar-refractivity contribution is 0.391. The molecule has 0 aliphatic carbocycles. The van der Waals surface area contributed by atoms with Crippen molar-refractivity contribution in [3.05, 3.63) is 77.7 Å². The summed E-state index contributed by atoms with van der Waals surface area (Å²) in [5, 5.41) is 13.5. The highest BCUT2D eigenvalue weighted by molar-refractivity contribution is 7.98. The Balaban J connectivity index is 1.41. The predicted molar refractivity (Wildman–Crippen MR) is 106 cm³/mol. The minimum absolute atomic E-state index is 0.553. The van der Waals surface area contributed by atoms with Crippen LogP contribution in [0.15, 0.2) is 70.2 Å². The van der Waals surface area contributed by atoms with E-state index in [0.717, 1.165) is 27.4 Å². The lowest BCUT2D eigenvalue weighted by Gasteiger charge is -2.02. The first kappa shape index (κ1) is 17.4. The monoisotopic (exact) mass is 374 g/mol. The number of benzene rings is 2. The van der Waals surface area contributed by atoms with Crippen molar-refractivity contribution in [2.75, 3.05) is 0 Å². The Morgan fingerprint density at radius 2 is 1.70 bits per heavy atom. The molecule has 27 heavy (non-hydrogen) atoms. The molecule has 2 heterocycles. The highest BCUT2D eigenvalue weighted by Crippen LogP contribution is 2.24. The third-order valence-electron chi connectivity index (χ3n) is 4.08. The Morgan fingerprint density at radius 3 is 2.44 bits per heavy atom. The Bertz CT molecular complexity index is 1040. The number of aromatic nitrogens is 4. The van der Waals surface area contributed by atoms with E-state index in [1.54, 1.807) is 0 Å². The van der Waals surface area contributed by atoms with E-state index >= 15 is 0 Å². The van der Waals surface area contributed by atoms with E-state index in [-0.39, 0.29) is 0 Å². The maximum absolute atomic E-state index is 5.35. The second-order valence-corrected chi connectivity index (χ2v) is 7.29. The van der Waals surface area contributed by atoms with Crippen LogP contribution in [-0.2, 0) is 5.75 Å². The summed E-state index contributed by atoms with van der Waals surface area (Å²) in [6.45, 7) is 4.11. The Labute approximate surface area is 161 Å². The van der Waals surface area contributed by atoms with Crippen LogP contribution >= 0.6 is 11.8 Å². The van der Waals surface area contributed by atoms with Crippen LogP contribution in [0.3, 0.4) is 0 Å². The average Bonchev–Trinajstić information content (AvgIpc) is 3.17. The van der Waals surface area contributed by atoms with Crippen LogP contribution in [0.5, 0.6) is 0 Å². The van der Waals surface area contributed by atoms with E-state index in [4.69, 9.17) is 4.52 Å². The first-order valence-electron chi connectivity index (χ1n) is 8.60. The van der Waals surface area contributed by atoms with Gasteiger partial charge in [-0.25, -0.2) is 0 Å². The largest absolute Gasteiger partial charge is 0.338 e. The molecular formula is C21H18N4OS. The molecule has 6 heteroatoms. The fourth-order valence-corrected chi connectivity index (χ4v) is 3.28. The SMILES string of the molecule is Cc1ccc(-c2ccc(SCc3nc(-c4cccc(C)c4)no3)nn2)cc1. The first-order valence-corrected chi connectivity index (χ1v) is 9.59. The normalized spacial score (nSPS) is 10.9. The molecule has 0 spiro atoms. The number of aryl methyl sites for hydroxylation is 2. The van der Waals surface area contributed by atoms with E-state index in [1.165, 1.54) is 17.3 Å². The van der Waals surface area contributed by atoms with Gasteiger partial charge in [0.05, 0.1) is 11.4 Å². The molecule has 0 saturated carbocycles. The van der Waals surface area contributed by atoms with Gasteiger partial charge in [-0.15, -0.1) is 10.2 Å². The van der Waals surface area contributed by atoms with Crippen molar-refractivity contribution in [1.82, 2.24) is 20.3 Å². The summed E-state index contributed by atoms with van der Waals surface area (Å²) in [7, 11) is 0. The topological polar surface area (TPSA) is 64.7 Å². The van der Waals surface area contributed by atoms with E-state index < -0.39 is 0 Å². The maximum Gasteiger partial charge on any atom is 0.237 e. The minimum atomic E-state index is 0.553. The molecule has 0 atom stereocenters. The fourth-order valence-electron chi connectivity index (χ4n) is 2.63. The van der Waals surface area contributed by atoms with Crippen molar-refractivity contribution >= 4 is 11.8 Å². The van der Waals surface area contributed by atoms with Gasteiger partial charge in [0.2, 0.25) is 11.7 Å². The highest BCUT2D eigenvalue weighted by Gasteiger charge is 2.10. The van der Waals surface area contributed by atoms with E-state index in [1.807, 2.05) is 43.3 Å². The molecule has 5 nitrogen and oxygen atoms in total. The van der Waals surface area contributed by atoms with Gasteiger partial charge >= 0.3 is 0 Å². The van der Waals surface area contributed by atoms with Crippen molar-refractivity contribution < 1.29 is 4.52 Å². The van der Waals surface area contributed by atoms with Crippen molar-refractivity contribution in [3.8, 4) is 22.6 Å². The molecule has 0 saturated heterocycles. The van der Waals surface area contributed by atoms with Crippen molar-refractivity contribution in [2.45, 2.75) is 24.6 Å². The second-order valence-electron chi connectivity index (χ2n) is 6.29.